The van der Waals surface area contributed by atoms with Crippen molar-refractivity contribution < 1.29 is 9.84 Å². The van der Waals surface area contributed by atoms with E-state index < -0.39 is 0 Å². The molecule has 1 aliphatic rings. The molecule has 0 saturated heterocycles. The first-order valence-corrected chi connectivity index (χ1v) is 6.31. The smallest absolute Gasteiger partial charge is 0.172 e. The van der Waals surface area contributed by atoms with E-state index in [1.165, 1.54) is 6.42 Å². The lowest BCUT2D eigenvalue weighted by Crippen LogP contribution is -2.43. The molecule has 16 heavy (non-hydrogen) atoms. The average Bonchev–Trinajstić information content (AvgIpc) is 2.21. The van der Waals surface area contributed by atoms with Crippen LogP contribution in [0.5, 0.6) is 11.5 Å². The van der Waals surface area contributed by atoms with E-state index in [1.807, 2.05) is 19.1 Å². The summed E-state index contributed by atoms with van der Waals surface area (Å²) in [7, 11) is 0. The van der Waals surface area contributed by atoms with Gasteiger partial charge in [-0.25, -0.2) is 0 Å². The molecule has 3 N–H and O–H groups in total. The molecular weight excluding hydrogens is 270 g/mol. The summed E-state index contributed by atoms with van der Waals surface area (Å²) in [6, 6.07) is 3.74. The topological polar surface area (TPSA) is 55.5 Å². The van der Waals surface area contributed by atoms with Gasteiger partial charge in [0.25, 0.3) is 0 Å². The second-order valence-corrected chi connectivity index (χ2v) is 5.10. The van der Waals surface area contributed by atoms with Gasteiger partial charge in [0.15, 0.2) is 11.5 Å². The number of nitrogens with two attached hydrogens (primary N) is 1. The van der Waals surface area contributed by atoms with E-state index in [9.17, 15) is 5.11 Å². The first-order chi connectivity index (χ1) is 7.57. The molecule has 1 aromatic rings. The monoisotopic (exact) mass is 285 g/mol. The maximum atomic E-state index is 9.80. The normalized spacial score (nSPS) is 17.9. The standard InChI is InChI=1S/C12H16BrNO2/c1-2-16-10-7-8(6-9(13)11(10)15)12(14)4-3-5-12/h6-7,15H,2-5,14H2,1H3. The van der Waals surface area contributed by atoms with Gasteiger partial charge >= 0.3 is 0 Å². The molecule has 0 aliphatic heterocycles. The third kappa shape index (κ3) is 1.92. The fourth-order valence-corrected chi connectivity index (χ4v) is 2.42. The number of rotatable bonds is 3. The largest absolute Gasteiger partial charge is 0.503 e. The van der Waals surface area contributed by atoms with Gasteiger partial charge in [-0.05, 0) is 59.8 Å². The van der Waals surface area contributed by atoms with Crippen LogP contribution >= 0.6 is 15.9 Å². The summed E-state index contributed by atoms with van der Waals surface area (Å²) < 4.78 is 6.03. The van der Waals surface area contributed by atoms with E-state index in [0.717, 1.165) is 18.4 Å². The van der Waals surface area contributed by atoms with Gasteiger partial charge in [-0.1, -0.05) is 0 Å². The quantitative estimate of drug-likeness (QED) is 0.898. The van der Waals surface area contributed by atoms with Crippen molar-refractivity contribution in [1.29, 1.82) is 0 Å². The predicted octanol–water partition coefficient (Wildman–Crippen LogP) is 2.89. The minimum atomic E-state index is -0.234. The lowest BCUT2D eigenvalue weighted by molar-refractivity contribution is 0.250. The van der Waals surface area contributed by atoms with Crippen LogP contribution in [-0.2, 0) is 5.54 Å². The molecule has 1 saturated carbocycles. The van der Waals surface area contributed by atoms with Gasteiger partial charge in [-0.3, -0.25) is 0 Å². The maximum absolute atomic E-state index is 9.80. The Balaban J connectivity index is 2.40. The summed E-state index contributed by atoms with van der Waals surface area (Å²) >= 11 is 3.33. The molecule has 0 amide bonds. The molecule has 0 aromatic heterocycles. The minimum Gasteiger partial charge on any atom is -0.503 e. The molecule has 3 nitrogen and oxygen atoms in total. The van der Waals surface area contributed by atoms with E-state index in [0.29, 0.717) is 16.8 Å². The first-order valence-electron chi connectivity index (χ1n) is 5.51. The van der Waals surface area contributed by atoms with Crippen molar-refractivity contribution in [2.75, 3.05) is 6.61 Å². The summed E-state index contributed by atoms with van der Waals surface area (Å²) in [5.41, 5.74) is 7.05. The molecular formula is C12H16BrNO2. The number of phenolic OH excluding ortho intramolecular Hbond substituents is 1. The van der Waals surface area contributed by atoms with Gasteiger partial charge < -0.3 is 15.6 Å². The van der Waals surface area contributed by atoms with Gasteiger partial charge in [-0.15, -0.1) is 0 Å². The van der Waals surface area contributed by atoms with E-state index in [2.05, 4.69) is 15.9 Å². The molecule has 0 spiro atoms. The lowest BCUT2D eigenvalue weighted by Gasteiger charge is -2.39. The molecule has 1 aromatic carbocycles. The van der Waals surface area contributed by atoms with Crippen LogP contribution in [0.4, 0.5) is 0 Å². The summed E-state index contributed by atoms with van der Waals surface area (Å²) in [6.45, 7) is 2.42. The van der Waals surface area contributed by atoms with Gasteiger partial charge in [0, 0.05) is 5.54 Å². The highest BCUT2D eigenvalue weighted by atomic mass is 79.9. The summed E-state index contributed by atoms with van der Waals surface area (Å²) in [6.07, 6.45) is 3.16. The van der Waals surface area contributed by atoms with Crippen molar-refractivity contribution in [1.82, 2.24) is 0 Å². The number of ether oxygens (including phenoxy) is 1. The second kappa shape index (κ2) is 4.26. The minimum absolute atomic E-state index is 0.147. The van der Waals surface area contributed by atoms with Crippen LogP contribution in [0.1, 0.15) is 31.7 Å². The predicted molar refractivity (Wildman–Crippen MR) is 66.7 cm³/mol. The third-order valence-electron chi connectivity index (χ3n) is 3.15. The second-order valence-electron chi connectivity index (χ2n) is 4.25. The highest BCUT2D eigenvalue weighted by Gasteiger charge is 2.35. The number of hydrogen-bond acceptors (Lipinski definition) is 3. The fraction of sp³-hybridized carbons (Fsp3) is 0.500. The number of aromatic hydroxyl groups is 1. The molecule has 88 valence electrons. The van der Waals surface area contributed by atoms with Crippen LogP contribution in [0.25, 0.3) is 0 Å². The van der Waals surface area contributed by atoms with E-state index in [1.54, 1.807) is 0 Å². The molecule has 0 atom stereocenters. The zero-order valence-corrected chi connectivity index (χ0v) is 10.9. The molecule has 0 unspecified atom stereocenters. The fourth-order valence-electron chi connectivity index (χ4n) is 1.97. The average molecular weight is 286 g/mol. The van der Waals surface area contributed by atoms with E-state index in [-0.39, 0.29) is 11.3 Å². The molecule has 4 heteroatoms. The van der Waals surface area contributed by atoms with Crippen LogP contribution in [-0.4, -0.2) is 11.7 Å². The number of phenols is 1. The Bertz CT molecular complexity index is 402. The SMILES string of the molecule is CCOc1cc(C2(N)CCC2)cc(Br)c1O. The van der Waals surface area contributed by atoms with E-state index in [4.69, 9.17) is 10.5 Å². The molecule has 1 aliphatic carbocycles. The number of benzene rings is 1. The Kier molecular flexibility index (Phi) is 3.13. The van der Waals surface area contributed by atoms with Crippen molar-refractivity contribution >= 4 is 15.9 Å². The molecule has 2 rings (SSSR count). The Hall–Kier alpha value is -0.740. The van der Waals surface area contributed by atoms with Crippen molar-refractivity contribution in [3.05, 3.63) is 22.2 Å². The van der Waals surface area contributed by atoms with Crippen LogP contribution in [0.15, 0.2) is 16.6 Å². The van der Waals surface area contributed by atoms with E-state index >= 15 is 0 Å². The Morgan fingerprint density at radius 3 is 2.69 bits per heavy atom. The van der Waals surface area contributed by atoms with Gasteiger partial charge in [0.2, 0.25) is 0 Å². The van der Waals surface area contributed by atoms with Crippen molar-refractivity contribution in [2.45, 2.75) is 31.7 Å². The Morgan fingerprint density at radius 2 is 2.19 bits per heavy atom. The van der Waals surface area contributed by atoms with Gasteiger partial charge in [-0.2, -0.15) is 0 Å². The van der Waals surface area contributed by atoms with Crippen LogP contribution < -0.4 is 10.5 Å². The summed E-state index contributed by atoms with van der Waals surface area (Å²) in [5, 5.41) is 9.80. The maximum Gasteiger partial charge on any atom is 0.172 e. The van der Waals surface area contributed by atoms with Crippen molar-refractivity contribution in [2.24, 2.45) is 5.73 Å². The lowest BCUT2D eigenvalue weighted by atomic mass is 9.73. The Labute approximate surface area is 104 Å². The summed E-state index contributed by atoms with van der Waals surface area (Å²) in [4.78, 5) is 0. The van der Waals surface area contributed by atoms with Crippen molar-refractivity contribution in [3.8, 4) is 11.5 Å². The number of halogens is 1. The van der Waals surface area contributed by atoms with Crippen molar-refractivity contribution in [3.63, 3.8) is 0 Å². The molecule has 1 fully saturated rings. The zero-order chi connectivity index (χ0) is 11.8. The highest BCUT2D eigenvalue weighted by Crippen LogP contribution is 2.44. The first kappa shape index (κ1) is 11.7. The third-order valence-corrected chi connectivity index (χ3v) is 3.75. The van der Waals surface area contributed by atoms with Gasteiger partial charge in [0.1, 0.15) is 0 Å². The highest BCUT2D eigenvalue weighted by molar-refractivity contribution is 9.10. The van der Waals surface area contributed by atoms with Crippen LogP contribution in [0, 0.1) is 0 Å². The number of hydrogen-bond donors (Lipinski definition) is 2. The Morgan fingerprint density at radius 1 is 1.50 bits per heavy atom. The summed E-state index contributed by atoms with van der Waals surface area (Å²) in [5.74, 6) is 0.650. The molecule has 0 radical (unpaired) electrons. The molecule has 0 heterocycles. The van der Waals surface area contributed by atoms with Crippen LogP contribution in [0.2, 0.25) is 0 Å². The molecule has 0 bridgehead atoms. The zero-order valence-electron chi connectivity index (χ0n) is 9.29. The van der Waals surface area contributed by atoms with Gasteiger partial charge in [0.05, 0.1) is 11.1 Å². The van der Waals surface area contributed by atoms with Crippen LogP contribution in [0.3, 0.4) is 0 Å².